The Kier molecular flexibility index (Phi) is 1.49. The van der Waals surface area contributed by atoms with Crippen molar-refractivity contribution in [3.63, 3.8) is 0 Å². The highest BCUT2D eigenvalue weighted by Gasteiger charge is 2.22. The molecule has 0 spiro atoms. The maximum absolute atomic E-state index is 13.5. The standard InChI is InChI=1S/C12H5F3/c13-10-4-1-6-5-9(10)8-3-2-7(6)11(14)12(8)15/h1-5H. The molecule has 2 aliphatic rings. The van der Waals surface area contributed by atoms with Gasteiger partial charge in [0.2, 0.25) is 0 Å². The maximum atomic E-state index is 13.5. The van der Waals surface area contributed by atoms with E-state index < -0.39 is 17.5 Å². The molecule has 0 radical (unpaired) electrons. The normalized spacial score (nSPS) is 11.7. The van der Waals surface area contributed by atoms with Crippen LogP contribution in [-0.4, -0.2) is 0 Å². The van der Waals surface area contributed by atoms with E-state index in [-0.39, 0.29) is 16.7 Å². The van der Waals surface area contributed by atoms with Crippen molar-refractivity contribution < 1.29 is 13.2 Å². The Bertz CT molecular complexity index is 573. The van der Waals surface area contributed by atoms with Crippen molar-refractivity contribution in [2.45, 2.75) is 0 Å². The second-order valence-electron chi connectivity index (χ2n) is 3.48. The average Bonchev–Trinajstić information content (AvgIpc) is 2.42. The van der Waals surface area contributed by atoms with Crippen molar-refractivity contribution >= 4 is 0 Å². The Labute approximate surface area is 84.0 Å². The molecular weight excluding hydrogens is 201 g/mol. The van der Waals surface area contributed by atoms with Crippen LogP contribution in [-0.2, 0) is 0 Å². The summed E-state index contributed by atoms with van der Waals surface area (Å²) in [7, 11) is 0. The average molecular weight is 206 g/mol. The first-order chi connectivity index (χ1) is 7.18. The van der Waals surface area contributed by atoms with Crippen molar-refractivity contribution in [2.24, 2.45) is 0 Å². The highest BCUT2D eigenvalue weighted by molar-refractivity contribution is 5.80. The number of halogens is 3. The van der Waals surface area contributed by atoms with E-state index in [0.717, 1.165) is 0 Å². The quantitative estimate of drug-likeness (QED) is 0.525. The lowest BCUT2D eigenvalue weighted by Crippen LogP contribution is -1.89. The van der Waals surface area contributed by atoms with Crippen LogP contribution in [0.2, 0.25) is 0 Å². The Morgan fingerprint density at radius 3 is 2.13 bits per heavy atom. The fraction of sp³-hybridized carbons (Fsp3) is 0. The van der Waals surface area contributed by atoms with Gasteiger partial charge in [-0.3, -0.25) is 0 Å². The molecule has 0 heterocycles. The van der Waals surface area contributed by atoms with Gasteiger partial charge in [-0.25, -0.2) is 13.2 Å². The summed E-state index contributed by atoms with van der Waals surface area (Å²) in [6, 6.07) is 7.00. The molecule has 2 aromatic carbocycles. The minimum absolute atomic E-state index is 0.0203. The Morgan fingerprint density at radius 2 is 1.33 bits per heavy atom. The van der Waals surface area contributed by atoms with Crippen LogP contribution in [0.3, 0.4) is 0 Å². The second-order valence-corrected chi connectivity index (χ2v) is 3.48. The second kappa shape index (κ2) is 2.63. The molecule has 0 saturated heterocycles. The summed E-state index contributed by atoms with van der Waals surface area (Å²) in [5.41, 5.74) is 0.773. The minimum atomic E-state index is -0.979. The SMILES string of the molecule is Fc1ccc2cc1-c1ccc-2c(F)c1F. The zero-order valence-corrected chi connectivity index (χ0v) is 7.52. The molecule has 2 aromatic rings. The van der Waals surface area contributed by atoms with Gasteiger partial charge in [0.25, 0.3) is 0 Å². The Morgan fingerprint density at radius 1 is 0.667 bits per heavy atom. The molecule has 3 heteroatoms. The van der Waals surface area contributed by atoms with Crippen molar-refractivity contribution in [1.29, 1.82) is 0 Å². The molecule has 0 aromatic heterocycles. The van der Waals surface area contributed by atoms with E-state index in [1.807, 2.05) is 0 Å². The molecule has 74 valence electrons. The first-order valence-electron chi connectivity index (χ1n) is 4.47. The van der Waals surface area contributed by atoms with Crippen molar-refractivity contribution in [3.05, 3.63) is 47.8 Å². The van der Waals surface area contributed by atoms with Crippen molar-refractivity contribution in [1.82, 2.24) is 0 Å². The van der Waals surface area contributed by atoms with Crippen LogP contribution >= 0.6 is 0 Å². The van der Waals surface area contributed by atoms with Crippen LogP contribution in [0.15, 0.2) is 30.3 Å². The molecule has 0 amide bonds. The molecule has 0 saturated carbocycles. The summed E-state index contributed by atoms with van der Waals surface area (Å²) in [4.78, 5) is 0. The van der Waals surface area contributed by atoms with E-state index in [9.17, 15) is 13.2 Å². The summed E-state index contributed by atoms with van der Waals surface area (Å²) in [5, 5.41) is 0. The van der Waals surface area contributed by atoms with Gasteiger partial charge >= 0.3 is 0 Å². The first kappa shape index (κ1) is 8.53. The first-order valence-corrected chi connectivity index (χ1v) is 4.47. The van der Waals surface area contributed by atoms with Gasteiger partial charge in [-0.2, -0.15) is 0 Å². The fourth-order valence-corrected chi connectivity index (χ4v) is 1.88. The number of fused-ring (bicyclic) bond motifs is 2. The smallest absolute Gasteiger partial charge is 0.167 e. The molecule has 2 aliphatic carbocycles. The van der Waals surface area contributed by atoms with Crippen LogP contribution < -0.4 is 0 Å². The van der Waals surface area contributed by atoms with Crippen LogP contribution in [0.5, 0.6) is 0 Å². The van der Waals surface area contributed by atoms with Gasteiger partial charge in [0.1, 0.15) is 5.82 Å². The molecular formula is C12H5F3. The predicted molar refractivity (Wildman–Crippen MR) is 50.7 cm³/mol. The summed E-state index contributed by atoms with van der Waals surface area (Å²) in [5.74, 6) is -2.43. The van der Waals surface area contributed by atoms with Gasteiger partial charge in [0, 0.05) is 16.7 Å². The van der Waals surface area contributed by atoms with Crippen LogP contribution in [0.4, 0.5) is 13.2 Å². The third-order valence-electron chi connectivity index (χ3n) is 2.65. The summed E-state index contributed by atoms with van der Waals surface area (Å²) < 4.78 is 40.3. The molecule has 0 N–H and O–H groups in total. The Hall–Kier alpha value is -1.77. The van der Waals surface area contributed by atoms with Crippen LogP contribution in [0, 0.1) is 17.5 Å². The molecule has 0 fully saturated rings. The van der Waals surface area contributed by atoms with Gasteiger partial charge in [-0.15, -0.1) is 0 Å². The van der Waals surface area contributed by atoms with E-state index in [2.05, 4.69) is 0 Å². The lowest BCUT2D eigenvalue weighted by atomic mass is 10.1. The third kappa shape index (κ3) is 0.975. The number of benzene rings is 2. The monoisotopic (exact) mass is 206 g/mol. The van der Waals surface area contributed by atoms with Gasteiger partial charge < -0.3 is 0 Å². The number of hydrogen-bond donors (Lipinski definition) is 0. The highest BCUT2D eigenvalue weighted by Crippen LogP contribution is 2.38. The van der Waals surface area contributed by atoms with Gasteiger partial charge in [0.15, 0.2) is 11.6 Å². The van der Waals surface area contributed by atoms with Gasteiger partial charge in [-0.1, -0.05) is 18.2 Å². The lowest BCUT2D eigenvalue weighted by Gasteiger charge is -2.01. The number of rotatable bonds is 0. The largest absolute Gasteiger partial charge is 0.206 e. The summed E-state index contributed by atoms with van der Waals surface area (Å²) in [6.45, 7) is 0. The molecule has 0 nitrogen and oxygen atoms in total. The van der Waals surface area contributed by atoms with Crippen molar-refractivity contribution in [2.75, 3.05) is 0 Å². The zero-order valence-electron chi connectivity index (χ0n) is 7.52. The van der Waals surface area contributed by atoms with E-state index >= 15 is 0 Å². The highest BCUT2D eigenvalue weighted by atomic mass is 19.2. The topological polar surface area (TPSA) is 0 Å². The minimum Gasteiger partial charge on any atom is -0.206 e. The molecule has 0 aliphatic heterocycles. The van der Waals surface area contributed by atoms with Gasteiger partial charge in [-0.05, 0) is 17.7 Å². The summed E-state index contributed by atoms with van der Waals surface area (Å²) in [6.07, 6.45) is 0. The molecule has 0 atom stereocenters. The van der Waals surface area contributed by atoms with E-state index in [0.29, 0.717) is 5.56 Å². The predicted octanol–water partition coefficient (Wildman–Crippen LogP) is 3.75. The fourth-order valence-electron chi connectivity index (χ4n) is 1.88. The van der Waals surface area contributed by atoms with Crippen molar-refractivity contribution in [3.8, 4) is 22.3 Å². The molecule has 4 rings (SSSR count). The van der Waals surface area contributed by atoms with E-state index in [1.165, 1.54) is 30.3 Å². The zero-order chi connectivity index (χ0) is 10.6. The van der Waals surface area contributed by atoms with E-state index in [1.54, 1.807) is 0 Å². The maximum Gasteiger partial charge on any atom is 0.167 e. The van der Waals surface area contributed by atoms with Crippen LogP contribution in [0.25, 0.3) is 22.3 Å². The van der Waals surface area contributed by atoms with Crippen LogP contribution in [0.1, 0.15) is 0 Å². The van der Waals surface area contributed by atoms with E-state index in [4.69, 9.17) is 0 Å². The third-order valence-corrected chi connectivity index (χ3v) is 2.65. The molecule has 15 heavy (non-hydrogen) atoms. The molecule has 0 unspecified atom stereocenters. The van der Waals surface area contributed by atoms with Gasteiger partial charge in [0.05, 0.1) is 0 Å². The molecule has 4 bridgehead atoms. The summed E-state index contributed by atoms with van der Waals surface area (Å²) >= 11 is 0. The Balaban J connectivity index is 2.54. The number of hydrogen-bond acceptors (Lipinski definition) is 0. The lowest BCUT2D eigenvalue weighted by molar-refractivity contribution is 0.514.